The Morgan fingerprint density at radius 2 is 1.80 bits per heavy atom. The first kappa shape index (κ1) is 33.9. The second kappa shape index (κ2) is 13.6. The minimum atomic E-state index is -4.56. The number of rotatable bonds is 12. The van der Waals surface area contributed by atoms with Crippen LogP contribution in [0.1, 0.15) is 47.4 Å². The molecule has 0 saturated carbocycles. The summed E-state index contributed by atoms with van der Waals surface area (Å²) in [7, 11) is -2.85. The van der Waals surface area contributed by atoms with Gasteiger partial charge >= 0.3 is 6.18 Å². The number of methoxy groups -OCH3 is 1. The molecule has 0 aliphatic rings. The number of nitro benzene ring substituents is 1. The summed E-state index contributed by atoms with van der Waals surface area (Å²) in [5.74, 6) is -0.616. The topological polar surface area (TPSA) is 155 Å². The van der Waals surface area contributed by atoms with Crippen LogP contribution in [-0.4, -0.2) is 42.2 Å². The molecule has 0 unspecified atom stereocenters. The second-order valence-electron chi connectivity index (χ2n) is 10.2. The highest BCUT2D eigenvalue weighted by atomic mass is 32.2. The van der Waals surface area contributed by atoms with Crippen molar-refractivity contribution in [1.82, 2.24) is 19.8 Å². The molecular formula is C30H30F3N5O7S. The van der Waals surface area contributed by atoms with Crippen molar-refractivity contribution < 1.29 is 40.8 Å². The van der Waals surface area contributed by atoms with E-state index in [1.54, 1.807) is 38.1 Å². The summed E-state index contributed by atoms with van der Waals surface area (Å²) in [6.07, 6.45) is -4.12. The van der Waals surface area contributed by atoms with E-state index < -0.39 is 49.2 Å². The van der Waals surface area contributed by atoms with Crippen molar-refractivity contribution >= 4 is 21.6 Å². The van der Waals surface area contributed by atoms with Gasteiger partial charge in [0.2, 0.25) is 15.9 Å². The van der Waals surface area contributed by atoms with Crippen LogP contribution in [0, 0.1) is 17.0 Å². The lowest BCUT2D eigenvalue weighted by molar-refractivity contribution is -0.385. The number of nitrogens with zero attached hydrogens (tertiary/aromatic N) is 3. The van der Waals surface area contributed by atoms with Gasteiger partial charge in [-0.25, -0.2) is 13.1 Å². The number of aromatic nitrogens is 2. The number of non-ortho nitro benzene ring substituents is 1. The number of alkyl halides is 3. The van der Waals surface area contributed by atoms with Crippen molar-refractivity contribution in [2.24, 2.45) is 0 Å². The van der Waals surface area contributed by atoms with Crippen LogP contribution >= 0.6 is 0 Å². The van der Waals surface area contributed by atoms with Crippen LogP contribution in [-0.2, 0) is 22.7 Å². The molecule has 0 fully saturated rings. The minimum Gasteiger partial charge on any atom is -0.497 e. The Kier molecular flexibility index (Phi) is 10.0. The summed E-state index contributed by atoms with van der Waals surface area (Å²) < 4.78 is 81.1. The van der Waals surface area contributed by atoms with Gasteiger partial charge < -0.3 is 14.8 Å². The van der Waals surface area contributed by atoms with Gasteiger partial charge in [0, 0.05) is 30.3 Å². The Morgan fingerprint density at radius 3 is 2.41 bits per heavy atom. The average Bonchev–Trinajstić information content (AvgIpc) is 3.34. The van der Waals surface area contributed by atoms with Crippen molar-refractivity contribution in [1.29, 1.82) is 0 Å². The number of halogens is 3. The number of hydrogen-bond acceptors (Lipinski definition) is 8. The molecule has 2 N–H and O–H groups in total. The molecule has 46 heavy (non-hydrogen) atoms. The molecule has 4 aromatic rings. The van der Waals surface area contributed by atoms with Crippen LogP contribution in [0.2, 0.25) is 0 Å². The summed E-state index contributed by atoms with van der Waals surface area (Å²) in [4.78, 5) is 23.6. The standard InChI is InChI=1S/C30H30F3N5O7S/c1-5-18(2)36-46(42,43)26-16-23(38(40)41)11-14-25(26)45-29-19(3)27(35-37(29)22-9-12-24(44-4)13-10-22)28(39)34-17-20-7-6-8-21(15-20)30(31,32)33/h6-16,18,36H,5,17H2,1-4H3,(H,34,39)/t18-/m0/s1. The van der Waals surface area contributed by atoms with Crippen LogP contribution in [0.5, 0.6) is 17.4 Å². The summed E-state index contributed by atoms with van der Waals surface area (Å²) in [6, 6.07) is 13.5. The van der Waals surface area contributed by atoms with Gasteiger partial charge in [-0.3, -0.25) is 14.9 Å². The summed E-state index contributed by atoms with van der Waals surface area (Å²) in [5, 5.41) is 18.4. The maximum Gasteiger partial charge on any atom is 0.416 e. The summed E-state index contributed by atoms with van der Waals surface area (Å²) >= 11 is 0. The van der Waals surface area contributed by atoms with E-state index in [0.29, 0.717) is 17.9 Å². The molecule has 0 aliphatic heterocycles. The lowest BCUT2D eigenvalue weighted by atomic mass is 10.1. The molecule has 4 rings (SSSR count). The van der Waals surface area contributed by atoms with Gasteiger partial charge in [0.25, 0.3) is 11.6 Å². The third kappa shape index (κ3) is 7.63. The lowest BCUT2D eigenvalue weighted by Gasteiger charge is -2.16. The zero-order chi connectivity index (χ0) is 33.8. The number of nitro groups is 1. The zero-order valence-electron chi connectivity index (χ0n) is 25.1. The monoisotopic (exact) mass is 661 g/mol. The molecular weight excluding hydrogens is 631 g/mol. The smallest absolute Gasteiger partial charge is 0.416 e. The Morgan fingerprint density at radius 1 is 1.11 bits per heavy atom. The number of carbonyl (C=O) groups excluding carboxylic acids is 1. The number of amides is 1. The van der Waals surface area contributed by atoms with Crippen molar-refractivity contribution in [3.63, 3.8) is 0 Å². The predicted molar refractivity (Wildman–Crippen MR) is 161 cm³/mol. The van der Waals surface area contributed by atoms with Crippen molar-refractivity contribution in [3.05, 3.63) is 99.2 Å². The van der Waals surface area contributed by atoms with Gasteiger partial charge in [0.15, 0.2) is 5.69 Å². The molecule has 244 valence electrons. The van der Waals surface area contributed by atoms with Gasteiger partial charge in [-0.15, -0.1) is 0 Å². The van der Waals surface area contributed by atoms with Crippen molar-refractivity contribution in [3.8, 4) is 23.1 Å². The molecule has 1 heterocycles. The number of carbonyl (C=O) groups is 1. The number of benzene rings is 3. The van der Waals surface area contributed by atoms with Gasteiger partial charge in [-0.2, -0.15) is 23.0 Å². The number of hydrogen-bond donors (Lipinski definition) is 2. The van der Waals surface area contributed by atoms with E-state index in [-0.39, 0.29) is 35.0 Å². The predicted octanol–water partition coefficient (Wildman–Crippen LogP) is 5.92. The van der Waals surface area contributed by atoms with E-state index >= 15 is 0 Å². The molecule has 0 saturated heterocycles. The molecule has 0 spiro atoms. The third-order valence-corrected chi connectivity index (χ3v) is 8.52. The highest BCUT2D eigenvalue weighted by molar-refractivity contribution is 7.89. The lowest BCUT2D eigenvalue weighted by Crippen LogP contribution is -2.32. The van der Waals surface area contributed by atoms with E-state index in [0.717, 1.165) is 30.3 Å². The van der Waals surface area contributed by atoms with E-state index in [2.05, 4.69) is 15.1 Å². The van der Waals surface area contributed by atoms with Crippen molar-refractivity contribution in [2.45, 2.75) is 50.9 Å². The summed E-state index contributed by atoms with van der Waals surface area (Å²) in [5.41, 5.74) is -0.810. The SMILES string of the molecule is CC[C@H](C)NS(=O)(=O)c1cc([N+](=O)[O-])ccc1Oc1c(C)c(C(=O)NCc2cccc(C(F)(F)F)c2)nn1-c1ccc(OC)cc1. The second-order valence-corrected chi connectivity index (χ2v) is 11.9. The Labute approximate surface area is 262 Å². The van der Waals surface area contributed by atoms with Gasteiger partial charge in [-0.05, 0) is 68.3 Å². The van der Waals surface area contributed by atoms with E-state index in [4.69, 9.17) is 9.47 Å². The van der Waals surface area contributed by atoms with E-state index in [9.17, 15) is 36.5 Å². The average molecular weight is 662 g/mol. The van der Waals surface area contributed by atoms with Gasteiger partial charge in [0.1, 0.15) is 16.4 Å². The normalized spacial score (nSPS) is 12.4. The van der Waals surface area contributed by atoms with E-state index in [1.807, 2.05) is 0 Å². The molecule has 0 radical (unpaired) electrons. The fourth-order valence-electron chi connectivity index (χ4n) is 4.26. The fraction of sp³-hybridized carbons (Fsp3) is 0.267. The molecule has 1 amide bonds. The van der Waals surface area contributed by atoms with Crippen LogP contribution in [0.4, 0.5) is 18.9 Å². The maximum absolute atomic E-state index is 13.3. The first-order chi connectivity index (χ1) is 21.6. The molecule has 12 nitrogen and oxygen atoms in total. The number of nitrogens with one attached hydrogen (secondary N) is 2. The highest BCUT2D eigenvalue weighted by Gasteiger charge is 2.31. The Hall–Kier alpha value is -4.96. The van der Waals surface area contributed by atoms with Crippen LogP contribution < -0.4 is 19.5 Å². The first-order valence-corrected chi connectivity index (χ1v) is 15.3. The maximum atomic E-state index is 13.3. The Bertz CT molecular complexity index is 1860. The first-order valence-electron chi connectivity index (χ1n) is 13.8. The van der Waals surface area contributed by atoms with Crippen molar-refractivity contribution in [2.75, 3.05) is 7.11 Å². The molecule has 3 aromatic carbocycles. The molecule has 1 aromatic heterocycles. The minimum absolute atomic E-state index is 0.0942. The molecule has 16 heteroatoms. The fourth-order valence-corrected chi connectivity index (χ4v) is 5.73. The van der Waals surface area contributed by atoms with Crippen LogP contribution in [0.3, 0.4) is 0 Å². The third-order valence-electron chi connectivity index (χ3n) is 6.91. The zero-order valence-corrected chi connectivity index (χ0v) is 25.9. The largest absolute Gasteiger partial charge is 0.497 e. The van der Waals surface area contributed by atoms with Gasteiger partial charge in [0.05, 0.1) is 23.3 Å². The Balaban J connectivity index is 1.78. The number of ether oxygens (including phenoxy) is 2. The van der Waals surface area contributed by atoms with Crippen LogP contribution in [0.15, 0.2) is 71.6 Å². The summed E-state index contributed by atoms with van der Waals surface area (Å²) in [6.45, 7) is 4.62. The van der Waals surface area contributed by atoms with Crippen LogP contribution in [0.25, 0.3) is 5.69 Å². The quantitative estimate of drug-likeness (QED) is 0.140. The van der Waals surface area contributed by atoms with E-state index in [1.165, 1.54) is 30.8 Å². The van der Waals surface area contributed by atoms with Gasteiger partial charge in [-0.1, -0.05) is 19.1 Å². The number of sulfonamides is 1. The molecule has 1 atom stereocenters. The highest BCUT2D eigenvalue weighted by Crippen LogP contribution is 2.36. The molecule has 0 aliphatic carbocycles. The molecule has 0 bridgehead atoms.